The molecule has 0 saturated carbocycles. The van der Waals surface area contributed by atoms with Crippen molar-refractivity contribution < 1.29 is 5.21 Å². The third-order valence-corrected chi connectivity index (χ3v) is 3.26. The fourth-order valence-corrected chi connectivity index (χ4v) is 2.50. The monoisotopic (exact) mass is 229 g/mol. The molecule has 0 heterocycles. The molecule has 3 heteroatoms. The zero-order valence-electron chi connectivity index (χ0n) is 8.31. The Labute approximate surface area is 97.5 Å². The fourth-order valence-electron chi connectivity index (χ4n) is 2.20. The van der Waals surface area contributed by atoms with Crippen LogP contribution in [0.15, 0.2) is 41.6 Å². The maximum Gasteiger partial charge on any atom is 0.0755 e. The molecule has 0 amide bonds. The first-order valence-corrected chi connectivity index (χ1v) is 5.30. The van der Waals surface area contributed by atoms with Gasteiger partial charge in [0.25, 0.3) is 0 Å². The summed E-state index contributed by atoms with van der Waals surface area (Å²) in [5.41, 5.74) is 2.80. The van der Waals surface area contributed by atoms with E-state index in [4.69, 9.17) is 16.8 Å². The first-order valence-electron chi connectivity index (χ1n) is 4.92. The van der Waals surface area contributed by atoms with Crippen LogP contribution in [-0.2, 0) is 0 Å². The van der Waals surface area contributed by atoms with Crippen molar-refractivity contribution in [2.24, 2.45) is 5.16 Å². The van der Waals surface area contributed by atoms with E-state index < -0.39 is 0 Å². The first-order chi connectivity index (χ1) is 7.83. The number of hydrogen-bond acceptors (Lipinski definition) is 2. The van der Waals surface area contributed by atoms with E-state index in [0.717, 1.165) is 27.5 Å². The third-order valence-electron chi connectivity index (χ3n) is 2.85. The summed E-state index contributed by atoms with van der Waals surface area (Å²) in [4.78, 5) is 0. The highest BCUT2D eigenvalue weighted by Gasteiger charge is 2.21. The normalized spacial score (nSPS) is 14.3. The Morgan fingerprint density at radius 1 is 1.06 bits per heavy atom. The van der Waals surface area contributed by atoms with E-state index in [9.17, 15) is 0 Å². The van der Waals surface area contributed by atoms with Gasteiger partial charge in [-0.05, 0) is 16.3 Å². The van der Waals surface area contributed by atoms with Gasteiger partial charge < -0.3 is 5.21 Å². The number of rotatable bonds is 1. The molecule has 0 atom stereocenters. The van der Waals surface area contributed by atoms with Crippen LogP contribution < -0.4 is 0 Å². The molecule has 0 saturated heterocycles. The molecule has 2 aromatic rings. The Morgan fingerprint density at radius 3 is 2.44 bits per heavy atom. The lowest BCUT2D eigenvalue weighted by Crippen LogP contribution is -1.83. The van der Waals surface area contributed by atoms with Crippen LogP contribution in [0.5, 0.6) is 0 Å². The maximum absolute atomic E-state index is 8.66. The van der Waals surface area contributed by atoms with Gasteiger partial charge in [0.1, 0.15) is 0 Å². The molecule has 1 aliphatic carbocycles. The summed E-state index contributed by atoms with van der Waals surface area (Å²) < 4.78 is 0. The van der Waals surface area contributed by atoms with Crippen molar-refractivity contribution in [3.05, 3.63) is 47.5 Å². The summed E-state index contributed by atoms with van der Waals surface area (Å²) in [7, 11) is 0. The number of allylic oxidation sites excluding steroid dienone is 1. The van der Waals surface area contributed by atoms with Gasteiger partial charge in [0, 0.05) is 11.1 Å². The molecule has 2 nitrogen and oxygen atoms in total. The lowest BCUT2D eigenvalue weighted by molar-refractivity contribution is 0.322. The standard InChI is InChI=1S/C13H8ClNO/c14-13-10-6-2-4-8-3-1-5-9(12(8)10)11(13)7-15-16/h1-7,16H/b15-7-. The van der Waals surface area contributed by atoms with Gasteiger partial charge in [0.05, 0.1) is 11.2 Å². The quantitative estimate of drug-likeness (QED) is 0.451. The molecular formula is C13H8ClNO. The van der Waals surface area contributed by atoms with Crippen LogP contribution in [-0.4, -0.2) is 11.4 Å². The molecule has 1 N–H and O–H groups in total. The number of hydrogen-bond donors (Lipinski definition) is 1. The first kappa shape index (κ1) is 9.43. The highest BCUT2D eigenvalue weighted by Crippen LogP contribution is 2.42. The van der Waals surface area contributed by atoms with E-state index >= 15 is 0 Å². The van der Waals surface area contributed by atoms with Gasteiger partial charge in [-0.1, -0.05) is 53.2 Å². The Morgan fingerprint density at radius 2 is 1.75 bits per heavy atom. The summed E-state index contributed by atoms with van der Waals surface area (Å²) in [6.45, 7) is 0. The van der Waals surface area contributed by atoms with Gasteiger partial charge in [-0.3, -0.25) is 0 Å². The van der Waals surface area contributed by atoms with E-state index in [1.807, 2.05) is 36.4 Å². The highest BCUT2D eigenvalue weighted by atomic mass is 35.5. The molecule has 2 aromatic carbocycles. The van der Waals surface area contributed by atoms with E-state index in [1.54, 1.807) is 0 Å². The average Bonchev–Trinajstić information content (AvgIpc) is 2.58. The SMILES string of the molecule is O/N=C\C1=C(Cl)c2cccc3cccc1c23. The van der Waals surface area contributed by atoms with Crippen LogP contribution in [0.25, 0.3) is 21.4 Å². The van der Waals surface area contributed by atoms with Crippen molar-refractivity contribution >= 4 is 39.2 Å². The predicted molar refractivity (Wildman–Crippen MR) is 66.9 cm³/mol. The molecule has 0 aromatic heterocycles. The molecule has 16 heavy (non-hydrogen) atoms. The van der Waals surface area contributed by atoms with E-state index in [-0.39, 0.29) is 0 Å². The van der Waals surface area contributed by atoms with E-state index in [2.05, 4.69) is 5.16 Å². The third kappa shape index (κ3) is 1.11. The molecule has 0 fully saturated rings. The highest BCUT2D eigenvalue weighted by molar-refractivity contribution is 6.59. The summed E-state index contributed by atoms with van der Waals surface area (Å²) in [5, 5.41) is 14.6. The zero-order chi connectivity index (χ0) is 11.1. The second-order valence-corrected chi connectivity index (χ2v) is 4.06. The Bertz CT molecular complexity index is 638. The molecule has 0 aliphatic heterocycles. The Hall–Kier alpha value is -1.80. The average molecular weight is 230 g/mol. The molecule has 0 spiro atoms. The molecule has 3 rings (SSSR count). The lowest BCUT2D eigenvalue weighted by atomic mass is 10.0. The summed E-state index contributed by atoms with van der Waals surface area (Å²) in [6.07, 6.45) is 1.39. The van der Waals surface area contributed by atoms with Crippen LogP contribution in [0.3, 0.4) is 0 Å². The summed E-state index contributed by atoms with van der Waals surface area (Å²) in [5.74, 6) is 0. The van der Waals surface area contributed by atoms with Crippen LogP contribution in [0, 0.1) is 0 Å². The smallest absolute Gasteiger partial charge is 0.0755 e. The molecule has 0 bridgehead atoms. The van der Waals surface area contributed by atoms with Crippen molar-refractivity contribution in [2.75, 3.05) is 0 Å². The summed E-state index contributed by atoms with van der Waals surface area (Å²) in [6, 6.07) is 12.0. The van der Waals surface area contributed by atoms with Crippen LogP contribution >= 0.6 is 11.6 Å². The number of halogens is 1. The van der Waals surface area contributed by atoms with Crippen molar-refractivity contribution in [3.63, 3.8) is 0 Å². The number of benzene rings is 2. The largest absolute Gasteiger partial charge is 0.411 e. The van der Waals surface area contributed by atoms with Gasteiger partial charge in [0.15, 0.2) is 0 Å². The second kappa shape index (κ2) is 3.35. The van der Waals surface area contributed by atoms with Gasteiger partial charge in [-0.25, -0.2) is 0 Å². The summed E-state index contributed by atoms with van der Waals surface area (Å²) >= 11 is 6.27. The van der Waals surface area contributed by atoms with Gasteiger partial charge in [-0.2, -0.15) is 0 Å². The topological polar surface area (TPSA) is 32.6 Å². The van der Waals surface area contributed by atoms with E-state index in [0.29, 0.717) is 5.03 Å². The van der Waals surface area contributed by atoms with Crippen molar-refractivity contribution in [2.45, 2.75) is 0 Å². The van der Waals surface area contributed by atoms with Gasteiger partial charge >= 0.3 is 0 Å². The lowest BCUT2D eigenvalue weighted by Gasteiger charge is -2.01. The number of nitrogens with zero attached hydrogens (tertiary/aromatic N) is 1. The van der Waals surface area contributed by atoms with Crippen molar-refractivity contribution in [1.82, 2.24) is 0 Å². The van der Waals surface area contributed by atoms with Crippen LogP contribution in [0.2, 0.25) is 0 Å². The molecule has 0 radical (unpaired) electrons. The molecular weight excluding hydrogens is 222 g/mol. The minimum Gasteiger partial charge on any atom is -0.411 e. The van der Waals surface area contributed by atoms with Crippen LogP contribution in [0.4, 0.5) is 0 Å². The maximum atomic E-state index is 8.66. The Kier molecular flexibility index (Phi) is 1.98. The fraction of sp³-hybridized carbons (Fsp3) is 0. The number of oxime groups is 1. The van der Waals surface area contributed by atoms with Gasteiger partial charge in [0.2, 0.25) is 0 Å². The molecule has 0 unspecified atom stereocenters. The minimum absolute atomic E-state index is 0.643. The Balaban J connectivity index is 2.45. The molecule has 1 aliphatic rings. The second-order valence-electron chi connectivity index (χ2n) is 3.68. The minimum atomic E-state index is 0.643. The van der Waals surface area contributed by atoms with Crippen molar-refractivity contribution in [3.8, 4) is 0 Å². The van der Waals surface area contributed by atoms with Gasteiger partial charge in [-0.15, -0.1) is 0 Å². The molecule has 78 valence electrons. The van der Waals surface area contributed by atoms with Crippen molar-refractivity contribution in [1.29, 1.82) is 0 Å². The van der Waals surface area contributed by atoms with Crippen LogP contribution in [0.1, 0.15) is 11.1 Å². The van der Waals surface area contributed by atoms with E-state index in [1.165, 1.54) is 6.21 Å². The predicted octanol–water partition coefficient (Wildman–Crippen LogP) is 3.72. The zero-order valence-corrected chi connectivity index (χ0v) is 9.07.